The Hall–Kier alpha value is -2.89. The number of carbonyl (C=O) groups is 1. The van der Waals surface area contributed by atoms with Crippen LogP contribution in [0.3, 0.4) is 0 Å². The number of aliphatic carboxylic acids is 1. The van der Waals surface area contributed by atoms with Gasteiger partial charge in [-0.3, -0.25) is 9.52 Å². The minimum atomic E-state index is -3.62. The van der Waals surface area contributed by atoms with Gasteiger partial charge in [-0.15, -0.1) is 0 Å². The third-order valence-corrected chi connectivity index (χ3v) is 6.65. The second-order valence-electron chi connectivity index (χ2n) is 8.55. The number of carboxylic acid groups (broad SMARTS) is 1. The predicted molar refractivity (Wildman–Crippen MR) is 130 cm³/mol. The van der Waals surface area contributed by atoms with Gasteiger partial charge in [-0.2, -0.15) is 0 Å². The van der Waals surface area contributed by atoms with Crippen LogP contribution in [0.2, 0.25) is 0 Å². The molecule has 2 aromatic rings. The van der Waals surface area contributed by atoms with Gasteiger partial charge in [0.15, 0.2) is 6.29 Å². The molecule has 1 aromatic carbocycles. The van der Waals surface area contributed by atoms with E-state index in [0.29, 0.717) is 28.9 Å². The van der Waals surface area contributed by atoms with Crippen molar-refractivity contribution in [2.45, 2.75) is 65.0 Å². The molecule has 3 rings (SSSR count). The summed E-state index contributed by atoms with van der Waals surface area (Å²) in [7, 11) is -3.62. The monoisotopic (exact) mass is 507 g/mol. The molecule has 1 saturated heterocycles. The van der Waals surface area contributed by atoms with Gasteiger partial charge >= 0.3 is 5.97 Å². The Bertz CT molecular complexity index is 1180. The van der Waals surface area contributed by atoms with Gasteiger partial charge in [-0.1, -0.05) is 26.0 Å². The zero-order valence-electron chi connectivity index (χ0n) is 20.1. The highest BCUT2D eigenvalue weighted by atomic mass is 32.2. The van der Waals surface area contributed by atoms with E-state index in [-0.39, 0.29) is 24.0 Å². The van der Waals surface area contributed by atoms with Crippen molar-refractivity contribution in [2.24, 2.45) is 0 Å². The van der Waals surface area contributed by atoms with Gasteiger partial charge in [0.1, 0.15) is 5.82 Å². The summed E-state index contributed by atoms with van der Waals surface area (Å²) < 4.78 is 51.7. The largest absolute Gasteiger partial charge is 0.481 e. The van der Waals surface area contributed by atoms with E-state index >= 15 is 0 Å². The van der Waals surface area contributed by atoms with Crippen LogP contribution in [0.1, 0.15) is 57.7 Å². The standard InChI is InChI=1S/C24H30FN3O6S/c1-5-35(31,32)28-24-26-22(14(2)3)20(23(27-24)16-6-8-17(25)9-7-16)11-10-18-12-19(13-21(29)30)34-15(4)33-18/h6-11,14-15,18-19H,5,12-13H2,1-4H3,(H,29,30)(H,26,27,28)/b11-10+/t15?,18-,19-/m1/s1. The van der Waals surface area contributed by atoms with E-state index < -0.39 is 40.3 Å². The number of sulfonamides is 1. The van der Waals surface area contributed by atoms with E-state index in [1.165, 1.54) is 19.1 Å². The van der Waals surface area contributed by atoms with Crippen LogP contribution in [-0.4, -0.2) is 53.7 Å². The molecule has 1 aliphatic rings. The number of aromatic nitrogens is 2. The first-order chi connectivity index (χ1) is 16.5. The maximum Gasteiger partial charge on any atom is 0.305 e. The molecule has 35 heavy (non-hydrogen) atoms. The third kappa shape index (κ3) is 7.30. The Labute approximate surface area is 204 Å². The molecule has 0 aliphatic carbocycles. The quantitative estimate of drug-likeness (QED) is 0.518. The van der Waals surface area contributed by atoms with Crippen LogP contribution in [0, 0.1) is 5.82 Å². The van der Waals surface area contributed by atoms with E-state index in [9.17, 15) is 17.6 Å². The maximum absolute atomic E-state index is 13.6. The highest BCUT2D eigenvalue weighted by molar-refractivity contribution is 7.92. The molecule has 1 aromatic heterocycles. The summed E-state index contributed by atoms with van der Waals surface area (Å²) in [5.41, 5.74) is 2.23. The van der Waals surface area contributed by atoms with E-state index in [1.54, 1.807) is 31.2 Å². The minimum Gasteiger partial charge on any atom is -0.481 e. The lowest BCUT2D eigenvalue weighted by Crippen LogP contribution is -2.36. The van der Waals surface area contributed by atoms with Gasteiger partial charge in [0.25, 0.3) is 0 Å². The van der Waals surface area contributed by atoms with Crippen molar-refractivity contribution in [3.63, 3.8) is 0 Å². The zero-order valence-corrected chi connectivity index (χ0v) is 20.9. The lowest BCUT2D eigenvalue weighted by atomic mass is 9.97. The SMILES string of the molecule is CCS(=O)(=O)Nc1nc(-c2ccc(F)cc2)c(/C=C/[C@@H]2C[C@H](CC(=O)O)OC(C)O2)c(C(C)C)n1. The number of carboxylic acids is 1. The topological polar surface area (TPSA) is 128 Å². The lowest BCUT2D eigenvalue weighted by Gasteiger charge is -2.32. The van der Waals surface area contributed by atoms with Gasteiger partial charge < -0.3 is 14.6 Å². The molecule has 1 unspecified atom stereocenters. The summed E-state index contributed by atoms with van der Waals surface area (Å²) in [6.45, 7) is 7.05. The predicted octanol–water partition coefficient (Wildman–Crippen LogP) is 4.18. The van der Waals surface area contributed by atoms with E-state index in [2.05, 4.69) is 14.7 Å². The first-order valence-electron chi connectivity index (χ1n) is 11.4. The third-order valence-electron chi connectivity index (χ3n) is 5.39. The zero-order chi connectivity index (χ0) is 25.8. The van der Waals surface area contributed by atoms with E-state index in [0.717, 1.165) is 0 Å². The van der Waals surface area contributed by atoms with Crippen molar-refractivity contribution in [3.05, 3.63) is 47.4 Å². The molecular formula is C24H30FN3O6S. The molecule has 190 valence electrons. The van der Waals surface area contributed by atoms with E-state index in [1.807, 2.05) is 13.8 Å². The van der Waals surface area contributed by atoms with Crippen LogP contribution in [0.4, 0.5) is 10.3 Å². The molecule has 0 amide bonds. The normalized spacial score (nSPS) is 20.9. The van der Waals surface area contributed by atoms with Crippen LogP contribution in [-0.2, 0) is 24.3 Å². The fraction of sp³-hybridized carbons (Fsp3) is 0.458. The summed E-state index contributed by atoms with van der Waals surface area (Å²) in [6.07, 6.45) is 2.31. The average Bonchev–Trinajstić information content (AvgIpc) is 2.77. The molecule has 1 fully saturated rings. The Morgan fingerprint density at radius 2 is 1.94 bits per heavy atom. The van der Waals surface area contributed by atoms with Crippen LogP contribution in [0.15, 0.2) is 30.3 Å². The van der Waals surface area contributed by atoms with Gasteiger partial charge in [0, 0.05) is 17.5 Å². The van der Waals surface area contributed by atoms with Crippen molar-refractivity contribution in [3.8, 4) is 11.3 Å². The molecule has 0 saturated carbocycles. The van der Waals surface area contributed by atoms with Gasteiger partial charge in [0.2, 0.25) is 16.0 Å². The van der Waals surface area contributed by atoms with Crippen LogP contribution >= 0.6 is 0 Å². The average molecular weight is 508 g/mol. The van der Waals surface area contributed by atoms with Crippen LogP contribution in [0.25, 0.3) is 17.3 Å². The molecular weight excluding hydrogens is 477 g/mol. The molecule has 0 bridgehead atoms. The molecule has 1 aliphatic heterocycles. The number of hydrogen-bond acceptors (Lipinski definition) is 7. The fourth-order valence-corrected chi connectivity index (χ4v) is 4.26. The van der Waals surface area contributed by atoms with E-state index in [4.69, 9.17) is 14.6 Å². The second-order valence-corrected chi connectivity index (χ2v) is 10.6. The number of nitrogens with zero attached hydrogens (tertiary/aromatic N) is 2. The number of hydrogen-bond donors (Lipinski definition) is 2. The Kier molecular flexibility index (Phi) is 8.57. The van der Waals surface area contributed by atoms with Gasteiger partial charge in [-0.05, 0) is 44.0 Å². The Morgan fingerprint density at radius 3 is 2.54 bits per heavy atom. The highest BCUT2D eigenvalue weighted by Gasteiger charge is 2.28. The number of halogens is 1. The van der Waals surface area contributed by atoms with Crippen molar-refractivity contribution in [2.75, 3.05) is 10.5 Å². The van der Waals surface area contributed by atoms with Crippen molar-refractivity contribution >= 4 is 28.0 Å². The Balaban J connectivity index is 2.07. The second kappa shape index (κ2) is 11.2. The smallest absolute Gasteiger partial charge is 0.305 e. The van der Waals surface area contributed by atoms with Gasteiger partial charge in [-0.25, -0.2) is 22.8 Å². The summed E-state index contributed by atoms with van der Waals surface area (Å²) in [5, 5.41) is 9.12. The summed E-state index contributed by atoms with van der Waals surface area (Å²) in [6, 6.07) is 5.73. The number of rotatable bonds is 9. The van der Waals surface area contributed by atoms with Crippen LogP contribution in [0.5, 0.6) is 0 Å². The minimum absolute atomic E-state index is 0.0653. The Morgan fingerprint density at radius 1 is 1.26 bits per heavy atom. The fourth-order valence-electron chi connectivity index (χ4n) is 3.75. The number of benzene rings is 1. The molecule has 2 N–H and O–H groups in total. The molecule has 0 radical (unpaired) electrons. The molecule has 9 nitrogen and oxygen atoms in total. The summed E-state index contributed by atoms with van der Waals surface area (Å²) >= 11 is 0. The number of ether oxygens (including phenoxy) is 2. The molecule has 0 spiro atoms. The molecule has 3 atom stereocenters. The lowest BCUT2D eigenvalue weighted by molar-refractivity contribution is -0.224. The maximum atomic E-state index is 13.6. The van der Waals surface area contributed by atoms with Crippen molar-refractivity contribution in [1.82, 2.24) is 9.97 Å². The molecule has 2 heterocycles. The highest BCUT2D eigenvalue weighted by Crippen LogP contribution is 2.31. The summed E-state index contributed by atoms with van der Waals surface area (Å²) in [4.78, 5) is 20.1. The first-order valence-corrected chi connectivity index (χ1v) is 13.0. The first kappa shape index (κ1) is 26.7. The van der Waals surface area contributed by atoms with Crippen molar-refractivity contribution < 1.29 is 32.2 Å². The van der Waals surface area contributed by atoms with Gasteiger partial charge in [0.05, 0.1) is 35.8 Å². The van der Waals surface area contributed by atoms with Crippen LogP contribution < -0.4 is 4.72 Å². The number of nitrogens with one attached hydrogen (secondary N) is 1. The molecule has 11 heteroatoms. The number of anilines is 1. The van der Waals surface area contributed by atoms with Crippen molar-refractivity contribution in [1.29, 1.82) is 0 Å². The summed E-state index contributed by atoms with van der Waals surface area (Å²) in [5.74, 6) is -1.67.